The Hall–Kier alpha value is -0.215. The van der Waals surface area contributed by atoms with Crippen molar-refractivity contribution in [2.75, 3.05) is 0 Å². The average molecular weight is 183 g/mol. The second kappa shape index (κ2) is 3.67. The summed E-state index contributed by atoms with van der Waals surface area (Å²) in [4.78, 5) is 0. The SMILES string of the molecule is FC1CCC(C[B-](F)(F)F)CC1. The van der Waals surface area contributed by atoms with Gasteiger partial charge in [-0.05, 0) is 12.8 Å². The van der Waals surface area contributed by atoms with Crippen molar-refractivity contribution in [3.05, 3.63) is 0 Å². The first-order valence-electron chi connectivity index (χ1n) is 4.32. The highest BCUT2D eigenvalue weighted by atomic mass is 19.4. The molecule has 1 rings (SSSR count). The topological polar surface area (TPSA) is 0 Å². The molecule has 1 aliphatic carbocycles. The van der Waals surface area contributed by atoms with Crippen LogP contribution in [0.3, 0.4) is 0 Å². The minimum absolute atomic E-state index is 0.308. The summed E-state index contributed by atoms with van der Waals surface area (Å²) in [6.45, 7) is -4.67. The number of alkyl halides is 1. The monoisotopic (exact) mass is 183 g/mol. The maximum Gasteiger partial charge on any atom is 0.478 e. The van der Waals surface area contributed by atoms with Crippen LogP contribution in [0, 0.1) is 5.92 Å². The lowest BCUT2D eigenvalue weighted by Crippen LogP contribution is -2.24. The Bertz CT molecular complexity index is 137. The van der Waals surface area contributed by atoms with Crippen molar-refractivity contribution in [2.24, 2.45) is 5.92 Å². The van der Waals surface area contributed by atoms with Crippen LogP contribution in [0.5, 0.6) is 0 Å². The molecule has 0 amide bonds. The van der Waals surface area contributed by atoms with E-state index in [4.69, 9.17) is 0 Å². The molecular weight excluding hydrogens is 171 g/mol. The van der Waals surface area contributed by atoms with Crippen molar-refractivity contribution < 1.29 is 17.3 Å². The fraction of sp³-hybridized carbons (Fsp3) is 1.00. The summed E-state index contributed by atoms with van der Waals surface area (Å²) in [6.07, 6.45) is -0.0902. The van der Waals surface area contributed by atoms with Gasteiger partial charge in [-0.3, -0.25) is 0 Å². The molecule has 0 N–H and O–H groups in total. The minimum atomic E-state index is -4.67. The molecule has 0 nitrogen and oxygen atoms in total. The second-order valence-corrected chi connectivity index (χ2v) is 3.56. The van der Waals surface area contributed by atoms with Crippen molar-refractivity contribution in [2.45, 2.75) is 38.2 Å². The number of hydrogen-bond donors (Lipinski definition) is 0. The van der Waals surface area contributed by atoms with Crippen LogP contribution in [0.2, 0.25) is 6.32 Å². The Morgan fingerprint density at radius 1 is 1.00 bits per heavy atom. The lowest BCUT2D eigenvalue weighted by Gasteiger charge is -2.28. The molecule has 0 unspecified atom stereocenters. The van der Waals surface area contributed by atoms with Crippen LogP contribution in [-0.4, -0.2) is 13.1 Å². The molecule has 0 atom stereocenters. The van der Waals surface area contributed by atoms with Gasteiger partial charge in [-0.15, -0.1) is 0 Å². The van der Waals surface area contributed by atoms with Gasteiger partial charge in [0.1, 0.15) is 6.17 Å². The van der Waals surface area contributed by atoms with E-state index in [1.165, 1.54) is 0 Å². The van der Waals surface area contributed by atoms with Gasteiger partial charge in [0, 0.05) is 0 Å². The largest absolute Gasteiger partial charge is 0.478 e. The highest BCUT2D eigenvalue weighted by Gasteiger charge is 2.30. The van der Waals surface area contributed by atoms with Gasteiger partial charge in [-0.2, -0.15) is 0 Å². The van der Waals surface area contributed by atoms with E-state index in [0.29, 0.717) is 25.7 Å². The van der Waals surface area contributed by atoms with Gasteiger partial charge in [0.25, 0.3) is 0 Å². The fourth-order valence-electron chi connectivity index (χ4n) is 1.74. The Kier molecular flexibility index (Phi) is 3.01. The van der Waals surface area contributed by atoms with Crippen molar-refractivity contribution in [1.29, 1.82) is 0 Å². The van der Waals surface area contributed by atoms with Gasteiger partial charge in [0.15, 0.2) is 0 Å². The van der Waals surface area contributed by atoms with Crippen molar-refractivity contribution in [3.8, 4) is 0 Å². The van der Waals surface area contributed by atoms with E-state index in [-0.39, 0.29) is 5.92 Å². The van der Waals surface area contributed by atoms with Crippen molar-refractivity contribution in [1.82, 2.24) is 0 Å². The third-order valence-electron chi connectivity index (χ3n) is 2.38. The summed E-state index contributed by atoms with van der Waals surface area (Å²) in [5, 5.41) is 0. The van der Waals surface area contributed by atoms with E-state index in [0.717, 1.165) is 0 Å². The van der Waals surface area contributed by atoms with Crippen molar-refractivity contribution >= 4 is 6.98 Å². The smallest absolute Gasteiger partial charge is 0.449 e. The zero-order valence-electron chi connectivity index (χ0n) is 6.78. The first-order valence-corrected chi connectivity index (χ1v) is 4.32. The molecule has 1 fully saturated rings. The molecule has 1 saturated carbocycles. The summed E-state index contributed by atoms with van der Waals surface area (Å²) >= 11 is 0. The molecule has 5 heteroatoms. The molecule has 0 bridgehead atoms. The van der Waals surface area contributed by atoms with Gasteiger partial charge in [0.2, 0.25) is 0 Å². The van der Waals surface area contributed by atoms with Gasteiger partial charge in [-0.1, -0.05) is 25.1 Å². The van der Waals surface area contributed by atoms with Crippen LogP contribution >= 0.6 is 0 Å². The Balaban J connectivity index is 2.26. The number of hydrogen-bond acceptors (Lipinski definition) is 0. The maximum absolute atomic E-state index is 12.5. The standard InChI is InChI=1S/C7H12BF4/c9-7-3-1-6(2-4-7)5-8(10,11)12/h6-7H,1-5H2/q-1. The van der Waals surface area contributed by atoms with Crippen LogP contribution in [0.25, 0.3) is 0 Å². The molecule has 0 saturated heterocycles. The van der Waals surface area contributed by atoms with Gasteiger partial charge in [-0.25, -0.2) is 4.39 Å². The van der Waals surface area contributed by atoms with Gasteiger partial charge >= 0.3 is 6.98 Å². The average Bonchev–Trinajstić information content (AvgIpc) is 1.91. The highest BCUT2D eigenvalue weighted by molar-refractivity contribution is 6.58. The van der Waals surface area contributed by atoms with Crippen LogP contribution < -0.4 is 0 Å². The van der Waals surface area contributed by atoms with E-state index < -0.39 is 19.5 Å². The molecule has 0 radical (unpaired) electrons. The van der Waals surface area contributed by atoms with Crippen LogP contribution in [-0.2, 0) is 0 Å². The van der Waals surface area contributed by atoms with Crippen LogP contribution in [0.15, 0.2) is 0 Å². The Labute approximate surface area is 69.4 Å². The van der Waals surface area contributed by atoms with Crippen LogP contribution in [0.1, 0.15) is 25.7 Å². The summed E-state index contributed by atoms with van der Waals surface area (Å²) in [6, 6.07) is 0. The molecule has 0 heterocycles. The summed E-state index contributed by atoms with van der Waals surface area (Å²) in [5.74, 6) is -0.308. The van der Waals surface area contributed by atoms with Crippen LogP contribution in [0.4, 0.5) is 17.3 Å². The highest BCUT2D eigenvalue weighted by Crippen LogP contribution is 2.33. The molecule has 1 aliphatic rings. The van der Waals surface area contributed by atoms with E-state index in [9.17, 15) is 17.3 Å². The zero-order chi connectivity index (χ0) is 9.19. The molecule has 0 aromatic rings. The van der Waals surface area contributed by atoms with E-state index in [1.807, 2.05) is 0 Å². The predicted octanol–water partition coefficient (Wildman–Crippen LogP) is 3.36. The number of halogens is 4. The first kappa shape index (κ1) is 9.87. The fourth-order valence-corrected chi connectivity index (χ4v) is 1.74. The lowest BCUT2D eigenvalue weighted by molar-refractivity contribution is 0.209. The molecule has 0 aliphatic heterocycles. The second-order valence-electron chi connectivity index (χ2n) is 3.56. The molecule has 0 aromatic heterocycles. The third-order valence-corrected chi connectivity index (χ3v) is 2.38. The quantitative estimate of drug-likeness (QED) is 0.454. The molecule has 0 aromatic carbocycles. The Morgan fingerprint density at radius 2 is 1.50 bits per heavy atom. The van der Waals surface area contributed by atoms with Gasteiger partial charge < -0.3 is 12.9 Å². The third kappa shape index (κ3) is 3.45. The van der Waals surface area contributed by atoms with Crippen molar-refractivity contribution in [3.63, 3.8) is 0 Å². The number of rotatable bonds is 2. The summed E-state index contributed by atoms with van der Waals surface area (Å²) in [7, 11) is 0. The predicted molar refractivity (Wildman–Crippen MR) is 40.7 cm³/mol. The first-order chi connectivity index (χ1) is 5.47. The lowest BCUT2D eigenvalue weighted by atomic mass is 9.72. The zero-order valence-corrected chi connectivity index (χ0v) is 6.78. The minimum Gasteiger partial charge on any atom is -0.449 e. The summed E-state index contributed by atoms with van der Waals surface area (Å²) in [5.41, 5.74) is 0. The summed E-state index contributed by atoms with van der Waals surface area (Å²) < 4.78 is 48.2. The molecule has 0 spiro atoms. The van der Waals surface area contributed by atoms with E-state index in [1.54, 1.807) is 0 Å². The van der Waals surface area contributed by atoms with Gasteiger partial charge in [0.05, 0.1) is 0 Å². The normalized spacial score (nSPS) is 32.0. The van der Waals surface area contributed by atoms with E-state index >= 15 is 0 Å². The molecule has 72 valence electrons. The maximum atomic E-state index is 12.5. The molecule has 12 heavy (non-hydrogen) atoms. The Morgan fingerprint density at radius 3 is 1.92 bits per heavy atom. The molecular formula is C7H12BF4-. The van der Waals surface area contributed by atoms with E-state index in [2.05, 4.69) is 0 Å².